The zero-order valence-corrected chi connectivity index (χ0v) is 19.3. The largest absolute Gasteiger partial charge is 0.458 e. The van der Waals surface area contributed by atoms with Crippen LogP contribution in [0.1, 0.15) is 67.7 Å². The zero-order chi connectivity index (χ0) is 23.5. The van der Waals surface area contributed by atoms with Crippen LogP contribution in [-0.4, -0.2) is 61.0 Å². The number of unbranched alkanes of at least 4 members (excludes halogenated alkanes) is 1. The minimum Gasteiger partial charge on any atom is -0.458 e. The molecule has 0 saturated carbocycles. The Balaban J connectivity index is 4.72. The van der Waals surface area contributed by atoms with Crippen LogP contribution in [0.4, 0.5) is 9.59 Å². The highest BCUT2D eigenvalue weighted by molar-refractivity contribution is 5.89. The van der Waals surface area contributed by atoms with Crippen molar-refractivity contribution >= 4 is 24.1 Å². The number of carbonyl (C=O) groups is 4. The molecule has 3 N–H and O–H groups in total. The minimum atomic E-state index is -0.892. The van der Waals surface area contributed by atoms with E-state index in [1.165, 1.54) is 14.0 Å². The standard InChI is InChI=1S/C20H37N3O7/c1-13(22-18(27)28-8)15(24)23-14(16(25)29-19(2,3)4)11-9-10-12-21-17(26)30-20(5,6)7/h13-14H,9-12H2,1-8H3,(H,21,26)(H,22,27)(H,23,24)/t13-,14-/m0/s1. The maximum absolute atomic E-state index is 12.5. The van der Waals surface area contributed by atoms with Crippen LogP contribution in [0.3, 0.4) is 0 Å². The van der Waals surface area contributed by atoms with Gasteiger partial charge in [0, 0.05) is 6.54 Å². The molecule has 0 aliphatic rings. The van der Waals surface area contributed by atoms with Crippen LogP contribution in [0.15, 0.2) is 0 Å². The van der Waals surface area contributed by atoms with Gasteiger partial charge in [0.2, 0.25) is 5.91 Å². The van der Waals surface area contributed by atoms with Gasteiger partial charge in [0.15, 0.2) is 0 Å². The third kappa shape index (κ3) is 13.6. The van der Waals surface area contributed by atoms with Crippen molar-refractivity contribution in [2.24, 2.45) is 0 Å². The van der Waals surface area contributed by atoms with E-state index in [9.17, 15) is 19.2 Å². The van der Waals surface area contributed by atoms with Crippen molar-refractivity contribution in [2.45, 2.75) is 91.0 Å². The van der Waals surface area contributed by atoms with Crippen molar-refractivity contribution < 1.29 is 33.4 Å². The fourth-order valence-electron chi connectivity index (χ4n) is 2.20. The van der Waals surface area contributed by atoms with E-state index in [2.05, 4.69) is 20.7 Å². The summed E-state index contributed by atoms with van der Waals surface area (Å²) < 4.78 is 15.0. The van der Waals surface area contributed by atoms with Crippen LogP contribution < -0.4 is 16.0 Å². The Labute approximate surface area is 178 Å². The topological polar surface area (TPSA) is 132 Å². The predicted octanol–water partition coefficient (Wildman–Crippen LogP) is 2.25. The average molecular weight is 432 g/mol. The molecule has 174 valence electrons. The Morgan fingerprint density at radius 2 is 1.40 bits per heavy atom. The summed E-state index contributed by atoms with van der Waals surface area (Å²) in [5, 5.41) is 7.59. The number of nitrogens with one attached hydrogen (secondary N) is 3. The van der Waals surface area contributed by atoms with E-state index in [1.54, 1.807) is 41.5 Å². The Kier molecular flexibility index (Phi) is 11.2. The summed E-state index contributed by atoms with van der Waals surface area (Å²) in [6, 6.07) is -1.78. The van der Waals surface area contributed by atoms with Crippen molar-refractivity contribution in [3.8, 4) is 0 Å². The molecule has 0 aliphatic carbocycles. The fourth-order valence-corrected chi connectivity index (χ4v) is 2.20. The molecule has 0 rings (SSSR count). The lowest BCUT2D eigenvalue weighted by molar-refractivity contribution is -0.159. The maximum atomic E-state index is 12.5. The van der Waals surface area contributed by atoms with Crippen LogP contribution >= 0.6 is 0 Å². The third-order valence-electron chi connectivity index (χ3n) is 3.51. The molecule has 30 heavy (non-hydrogen) atoms. The van der Waals surface area contributed by atoms with Crippen molar-refractivity contribution in [2.75, 3.05) is 13.7 Å². The molecule has 0 saturated heterocycles. The zero-order valence-electron chi connectivity index (χ0n) is 19.3. The van der Waals surface area contributed by atoms with Crippen LogP contribution in [-0.2, 0) is 23.8 Å². The van der Waals surface area contributed by atoms with Gasteiger partial charge >= 0.3 is 18.2 Å². The Bertz CT molecular complexity index is 594. The highest BCUT2D eigenvalue weighted by Gasteiger charge is 2.28. The number of hydrogen-bond donors (Lipinski definition) is 3. The van der Waals surface area contributed by atoms with Gasteiger partial charge in [-0.25, -0.2) is 14.4 Å². The quantitative estimate of drug-likeness (QED) is 0.290. The van der Waals surface area contributed by atoms with Gasteiger partial charge in [0.1, 0.15) is 23.3 Å². The molecule has 0 aromatic heterocycles. The third-order valence-corrected chi connectivity index (χ3v) is 3.51. The van der Waals surface area contributed by atoms with Crippen LogP contribution in [0.25, 0.3) is 0 Å². The smallest absolute Gasteiger partial charge is 0.407 e. The first-order chi connectivity index (χ1) is 13.6. The second-order valence-corrected chi connectivity index (χ2v) is 8.88. The summed E-state index contributed by atoms with van der Waals surface area (Å²) in [5.74, 6) is -1.11. The van der Waals surface area contributed by atoms with E-state index in [-0.39, 0.29) is 0 Å². The molecule has 0 spiro atoms. The van der Waals surface area contributed by atoms with E-state index in [0.29, 0.717) is 25.8 Å². The lowest BCUT2D eigenvalue weighted by Gasteiger charge is -2.25. The van der Waals surface area contributed by atoms with Gasteiger partial charge < -0.3 is 30.2 Å². The van der Waals surface area contributed by atoms with Crippen molar-refractivity contribution in [3.05, 3.63) is 0 Å². The number of carbonyl (C=O) groups excluding carboxylic acids is 4. The van der Waals surface area contributed by atoms with E-state index >= 15 is 0 Å². The molecule has 2 atom stereocenters. The first-order valence-electron chi connectivity index (χ1n) is 9.99. The molecule has 0 radical (unpaired) electrons. The molecule has 0 unspecified atom stereocenters. The molecule has 0 aromatic rings. The van der Waals surface area contributed by atoms with E-state index < -0.39 is 47.3 Å². The normalized spacial score (nSPS) is 13.5. The van der Waals surface area contributed by atoms with E-state index in [0.717, 1.165) is 0 Å². The molecule has 0 fully saturated rings. The van der Waals surface area contributed by atoms with Gasteiger partial charge in [-0.05, 0) is 67.7 Å². The molecule has 10 heteroatoms. The summed E-state index contributed by atoms with van der Waals surface area (Å²) in [7, 11) is 1.19. The summed E-state index contributed by atoms with van der Waals surface area (Å²) in [5.41, 5.74) is -1.29. The highest BCUT2D eigenvalue weighted by atomic mass is 16.6. The number of ether oxygens (including phenoxy) is 3. The Morgan fingerprint density at radius 3 is 1.90 bits per heavy atom. The predicted molar refractivity (Wildman–Crippen MR) is 111 cm³/mol. The number of rotatable bonds is 9. The molecule has 0 heterocycles. The summed E-state index contributed by atoms with van der Waals surface area (Å²) in [4.78, 5) is 47.7. The van der Waals surface area contributed by atoms with Gasteiger partial charge in [-0.15, -0.1) is 0 Å². The van der Waals surface area contributed by atoms with Crippen molar-refractivity contribution in [1.29, 1.82) is 0 Å². The van der Waals surface area contributed by atoms with E-state index in [1.807, 2.05) is 0 Å². The minimum absolute atomic E-state index is 0.307. The first-order valence-corrected chi connectivity index (χ1v) is 9.99. The van der Waals surface area contributed by atoms with Crippen molar-refractivity contribution in [3.63, 3.8) is 0 Å². The Morgan fingerprint density at radius 1 is 0.833 bits per heavy atom. The summed E-state index contributed by atoms with van der Waals surface area (Å²) >= 11 is 0. The van der Waals surface area contributed by atoms with E-state index in [4.69, 9.17) is 9.47 Å². The van der Waals surface area contributed by atoms with Gasteiger partial charge in [-0.1, -0.05) is 0 Å². The average Bonchev–Trinajstić information content (AvgIpc) is 2.56. The first kappa shape index (κ1) is 27.5. The second kappa shape index (κ2) is 12.2. The van der Waals surface area contributed by atoms with Gasteiger partial charge in [0.05, 0.1) is 7.11 Å². The van der Waals surface area contributed by atoms with Crippen LogP contribution in [0.5, 0.6) is 0 Å². The second-order valence-electron chi connectivity index (χ2n) is 8.88. The lowest BCUT2D eigenvalue weighted by Crippen LogP contribution is -2.51. The number of hydrogen-bond acceptors (Lipinski definition) is 7. The van der Waals surface area contributed by atoms with Gasteiger partial charge in [-0.3, -0.25) is 4.79 Å². The number of amides is 3. The van der Waals surface area contributed by atoms with Crippen LogP contribution in [0.2, 0.25) is 0 Å². The SMILES string of the molecule is COC(=O)N[C@@H](C)C(=O)N[C@@H](CCCCNC(=O)OC(C)(C)C)C(=O)OC(C)(C)C. The number of alkyl carbamates (subject to hydrolysis) is 2. The van der Waals surface area contributed by atoms with Gasteiger partial charge in [-0.2, -0.15) is 0 Å². The molecular weight excluding hydrogens is 394 g/mol. The lowest BCUT2D eigenvalue weighted by atomic mass is 10.1. The molecular formula is C20H37N3O7. The molecule has 0 bridgehead atoms. The molecule has 3 amide bonds. The fraction of sp³-hybridized carbons (Fsp3) is 0.800. The number of esters is 1. The monoisotopic (exact) mass is 431 g/mol. The number of methoxy groups -OCH3 is 1. The van der Waals surface area contributed by atoms with Gasteiger partial charge in [0.25, 0.3) is 0 Å². The highest BCUT2D eigenvalue weighted by Crippen LogP contribution is 2.12. The molecule has 10 nitrogen and oxygen atoms in total. The summed E-state index contributed by atoms with van der Waals surface area (Å²) in [6.45, 7) is 12.4. The van der Waals surface area contributed by atoms with Crippen molar-refractivity contribution in [1.82, 2.24) is 16.0 Å². The maximum Gasteiger partial charge on any atom is 0.407 e. The molecule has 0 aromatic carbocycles. The summed E-state index contributed by atoms with van der Waals surface area (Å²) in [6.07, 6.45) is 0.159. The van der Waals surface area contributed by atoms with Crippen LogP contribution in [0, 0.1) is 0 Å². The Hall–Kier alpha value is -2.52. The molecule has 0 aliphatic heterocycles.